The molecule has 0 fully saturated rings. The van der Waals surface area contributed by atoms with Gasteiger partial charge in [0.1, 0.15) is 5.69 Å². The number of anilines is 2. The number of rotatable bonds is 3. The number of nitrogen functional groups attached to an aromatic ring is 1. The summed E-state index contributed by atoms with van der Waals surface area (Å²) in [7, 11) is 0. The number of nitrogens with zero attached hydrogens (tertiary/aromatic N) is 2. The molecule has 0 saturated heterocycles. The topological polar surface area (TPSA) is 72.9 Å². The van der Waals surface area contributed by atoms with E-state index >= 15 is 0 Å². The number of aryl methyl sites for hydroxylation is 1. The number of benzene rings is 1. The zero-order valence-electron chi connectivity index (χ0n) is 11.0. The first-order valence-corrected chi connectivity index (χ1v) is 7.11. The molecule has 0 radical (unpaired) electrons. The number of carbonyl (C=O) groups excluding carboxylic acids is 1. The van der Waals surface area contributed by atoms with E-state index < -0.39 is 0 Å². The van der Waals surface area contributed by atoms with Gasteiger partial charge >= 0.3 is 0 Å². The maximum atomic E-state index is 12.3. The van der Waals surface area contributed by atoms with Gasteiger partial charge in [0.2, 0.25) is 0 Å². The lowest BCUT2D eigenvalue weighted by molar-refractivity contribution is 0.101. The molecule has 0 unspecified atom stereocenters. The zero-order valence-corrected chi connectivity index (χ0v) is 11.8. The van der Waals surface area contributed by atoms with Crippen LogP contribution in [0.25, 0.3) is 10.2 Å². The summed E-state index contributed by atoms with van der Waals surface area (Å²) in [6, 6.07) is 9.46. The average molecular weight is 286 g/mol. The first-order chi connectivity index (χ1) is 9.67. The van der Waals surface area contributed by atoms with E-state index in [1.54, 1.807) is 12.3 Å². The molecule has 5 nitrogen and oxygen atoms in total. The van der Waals surface area contributed by atoms with Gasteiger partial charge < -0.3 is 10.3 Å². The zero-order chi connectivity index (χ0) is 14.1. The van der Waals surface area contributed by atoms with Gasteiger partial charge in [0, 0.05) is 12.7 Å². The number of hydrogen-bond acceptors (Lipinski definition) is 4. The standard InChI is InChI=1S/C14H14N4OS/c1-2-18-8-9(15)7-11(18)13(19)17-14-16-10-5-3-4-6-12(10)20-14/h3-8H,2,15H2,1H3,(H,16,17,19). The highest BCUT2D eigenvalue weighted by Gasteiger charge is 2.14. The van der Waals surface area contributed by atoms with Crippen LogP contribution >= 0.6 is 11.3 Å². The van der Waals surface area contributed by atoms with E-state index in [4.69, 9.17) is 5.73 Å². The van der Waals surface area contributed by atoms with Crippen LogP contribution in [0.4, 0.5) is 10.8 Å². The molecule has 0 atom stereocenters. The number of para-hydroxylation sites is 1. The van der Waals surface area contributed by atoms with Crippen molar-refractivity contribution in [3.8, 4) is 0 Å². The summed E-state index contributed by atoms with van der Waals surface area (Å²) in [5, 5.41) is 3.42. The number of nitrogens with one attached hydrogen (secondary N) is 1. The van der Waals surface area contributed by atoms with E-state index in [2.05, 4.69) is 10.3 Å². The highest BCUT2D eigenvalue weighted by Crippen LogP contribution is 2.26. The Morgan fingerprint density at radius 1 is 1.45 bits per heavy atom. The second kappa shape index (κ2) is 4.97. The molecule has 1 amide bonds. The largest absolute Gasteiger partial charge is 0.397 e. The Kier molecular flexibility index (Phi) is 3.15. The predicted octanol–water partition coefficient (Wildman–Crippen LogP) is 2.95. The molecule has 0 aliphatic heterocycles. The first kappa shape index (κ1) is 12.7. The molecule has 6 heteroatoms. The fraction of sp³-hybridized carbons (Fsp3) is 0.143. The number of carbonyl (C=O) groups is 1. The van der Waals surface area contributed by atoms with Crippen molar-refractivity contribution < 1.29 is 4.79 Å². The third-order valence-corrected chi connectivity index (χ3v) is 3.96. The molecule has 0 spiro atoms. The van der Waals surface area contributed by atoms with Gasteiger partial charge in [-0.15, -0.1) is 0 Å². The second-order valence-electron chi connectivity index (χ2n) is 4.39. The van der Waals surface area contributed by atoms with Gasteiger partial charge in [0.15, 0.2) is 5.13 Å². The molecule has 20 heavy (non-hydrogen) atoms. The second-order valence-corrected chi connectivity index (χ2v) is 5.42. The van der Waals surface area contributed by atoms with Crippen LogP contribution < -0.4 is 11.1 Å². The number of aromatic nitrogens is 2. The van der Waals surface area contributed by atoms with Gasteiger partial charge in [-0.1, -0.05) is 23.5 Å². The normalized spacial score (nSPS) is 10.8. The van der Waals surface area contributed by atoms with Crippen LogP contribution in [0.2, 0.25) is 0 Å². The molecule has 0 saturated carbocycles. The average Bonchev–Trinajstić information content (AvgIpc) is 3.00. The summed E-state index contributed by atoms with van der Waals surface area (Å²) >= 11 is 1.46. The highest BCUT2D eigenvalue weighted by molar-refractivity contribution is 7.22. The smallest absolute Gasteiger partial charge is 0.274 e. The molecule has 102 valence electrons. The van der Waals surface area contributed by atoms with Crippen LogP contribution in [-0.2, 0) is 6.54 Å². The predicted molar refractivity (Wildman–Crippen MR) is 82.1 cm³/mol. The Morgan fingerprint density at radius 3 is 3.00 bits per heavy atom. The van der Waals surface area contributed by atoms with E-state index in [-0.39, 0.29) is 5.91 Å². The summed E-state index contributed by atoms with van der Waals surface area (Å²) in [4.78, 5) is 16.6. The fourth-order valence-corrected chi connectivity index (χ4v) is 2.93. The van der Waals surface area contributed by atoms with Gasteiger partial charge in [-0.2, -0.15) is 0 Å². The third kappa shape index (κ3) is 2.25. The molecule has 0 aliphatic rings. The minimum atomic E-state index is -0.192. The number of thiazole rings is 1. The van der Waals surface area contributed by atoms with Gasteiger partial charge in [0.05, 0.1) is 15.9 Å². The van der Waals surface area contributed by atoms with Crippen molar-refractivity contribution in [2.24, 2.45) is 0 Å². The number of nitrogens with two attached hydrogens (primary N) is 1. The van der Waals surface area contributed by atoms with E-state index in [1.807, 2.05) is 35.8 Å². The number of hydrogen-bond donors (Lipinski definition) is 2. The summed E-state index contributed by atoms with van der Waals surface area (Å²) in [5.74, 6) is -0.192. The van der Waals surface area contributed by atoms with Crippen molar-refractivity contribution >= 4 is 38.3 Å². The van der Waals surface area contributed by atoms with Crippen LogP contribution in [0.3, 0.4) is 0 Å². The Hall–Kier alpha value is -2.34. The van der Waals surface area contributed by atoms with Crippen LogP contribution in [0.15, 0.2) is 36.5 Å². The Balaban J connectivity index is 1.88. The van der Waals surface area contributed by atoms with Crippen LogP contribution in [0.1, 0.15) is 17.4 Å². The van der Waals surface area contributed by atoms with Gasteiger partial charge in [-0.05, 0) is 25.1 Å². The van der Waals surface area contributed by atoms with Crippen molar-refractivity contribution in [3.05, 3.63) is 42.2 Å². The molecule has 2 aromatic heterocycles. The highest BCUT2D eigenvalue weighted by atomic mass is 32.1. The first-order valence-electron chi connectivity index (χ1n) is 6.30. The summed E-state index contributed by atoms with van der Waals surface area (Å²) in [5.41, 5.74) is 7.75. The third-order valence-electron chi connectivity index (χ3n) is 3.01. The molecule has 3 rings (SSSR count). The molecule has 1 aromatic carbocycles. The molecule has 0 aliphatic carbocycles. The molecular weight excluding hydrogens is 272 g/mol. The monoisotopic (exact) mass is 286 g/mol. The van der Waals surface area contributed by atoms with Crippen molar-refractivity contribution in [1.82, 2.24) is 9.55 Å². The van der Waals surface area contributed by atoms with Gasteiger partial charge in [-0.3, -0.25) is 10.1 Å². The maximum absolute atomic E-state index is 12.3. The number of fused-ring (bicyclic) bond motifs is 1. The molecule has 3 N–H and O–H groups in total. The summed E-state index contributed by atoms with van der Waals surface area (Å²) < 4.78 is 2.87. The quantitative estimate of drug-likeness (QED) is 0.777. The Morgan fingerprint density at radius 2 is 2.25 bits per heavy atom. The van der Waals surface area contributed by atoms with E-state index in [0.717, 1.165) is 10.2 Å². The van der Waals surface area contributed by atoms with Crippen molar-refractivity contribution in [1.29, 1.82) is 0 Å². The lowest BCUT2D eigenvalue weighted by Gasteiger charge is -2.04. The van der Waals surface area contributed by atoms with Crippen LogP contribution in [-0.4, -0.2) is 15.5 Å². The lowest BCUT2D eigenvalue weighted by atomic mass is 10.3. The summed E-state index contributed by atoms with van der Waals surface area (Å²) in [6.45, 7) is 2.66. The minimum absolute atomic E-state index is 0.192. The molecule has 3 aromatic rings. The lowest BCUT2D eigenvalue weighted by Crippen LogP contribution is -2.16. The van der Waals surface area contributed by atoms with Gasteiger partial charge in [-0.25, -0.2) is 4.98 Å². The van der Waals surface area contributed by atoms with Gasteiger partial charge in [0.25, 0.3) is 5.91 Å². The van der Waals surface area contributed by atoms with Crippen LogP contribution in [0, 0.1) is 0 Å². The minimum Gasteiger partial charge on any atom is -0.397 e. The van der Waals surface area contributed by atoms with E-state index in [1.165, 1.54) is 11.3 Å². The fourth-order valence-electron chi connectivity index (χ4n) is 2.07. The Bertz CT molecular complexity index is 741. The van der Waals surface area contributed by atoms with E-state index in [0.29, 0.717) is 23.1 Å². The maximum Gasteiger partial charge on any atom is 0.274 e. The molecule has 0 bridgehead atoms. The van der Waals surface area contributed by atoms with Crippen LogP contribution in [0.5, 0.6) is 0 Å². The van der Waals surface area contributed by atoms with Crippen molar-refractivity contribution in [3.63, 3.8) is 0 Å². The SMILES string of the molecule is CCn1cc(N)cc1C(=O)Nc1nc2ccccc2s1. The Labute approximate surface area is 120 Å². The summed E-state index contributed by atoms with van der Waals surface area (Å²) in [6.07, 6.45) is 1.76. The number of amides is 1. The van der Waals surface area contributed by atoms with E-state index in [9.17, 15) is 4.79 Å². The van der Waals surface area contributed by atoms with Crippen molar-refractivity contribution in [2.45, 2.75) is 13.5 Å². The van der Waals surface area contributed by atoms with Crippen molar-refractivity contribution in [2.75, 3.05) is 11.1 Å². The molecule has 2 heterocycles. The molecular formula is C14H14N4OS.